The van der Waals surface area contributed by atoms with Crippen molar-refractivity contribution >= 4 is 118 Å². The van der Waals surface area contributed by atoms with Gasteiger partial charge in [0.2, 0.25) is 0 Å². The minimum atomic E-state index is -0.331. The SMILES string of the molecule is C/C=C(\C)C(C)(CC(C)C(C)(S)C(C)CC(C)C(C)C(C)(S)CC(C)/C(C)=C(\C)CC)CC(C)(CC(C)(C)C(C)(S)CC)C(C)C(C)S.C/C=C(\C)C(C)(CC(C)C(C)(SC(C)=O)C(C)CC(C)C(C)C(C)(CC(C)/C(C)=C(\C)CC)SC(C)=O)CC(C)(CC(C)(C)C(C)(CC)SC(C)=O)C(C)C(C)SC(C)=O.[Na+].[OH-]. The largest absolute Gasteiger partial charge is 1.00 e. The normalized spacial score (nSPS) is 22.7. The Labute approximate surface area is 747 Å². The molecule has 0 saturated heterocycles. The third-order valence-corrected chi connectivity index (χ3v) is 39.6. The molecule has 0 spiro atoms. The molecular weight excluding hydrogens is 1510 g/mol. The number of thioether (sulfide) groups is 4. The van der Waals surface area contributed by atoms with E-state index < -0.39 is 0 Å². The molecule has 0 aromatic carbocycles. The number of rotatable bonds is 46. The van der Waals surface area contributed by atoms with Gasteiger partial charge in [0, 0.05) is 66.7 Å². The van der Waals surface area contributed by atoms with E-state index in [0.29, 0.717) is 52.6 Å². The van der Waals surface area contributed by atoms with Crippen LogP contribution in [0.25, 0.3) is 0 Å². The molecule has 0 bridgehead atoms. The van der Waals surface area contributed by atoms with E-state index in [4.69, 9.17) is 50.5 Å². The second-order valence-electron chi connectivity index (χ2n) is 40.4. The quantitative estimate of drug-likeness (QED) is 0.0270. The van der Waals surface area contributed by atoms with Crippen LogP contribution >= 0.6 is 97.6 Å². The van der Waals surface area contributed by atoms with Crippen LogP contribution in [0.4, 0.5) is 0 Å². The van der Waals surface area contributed by atoms with Gasteiger partial charge in [-0.3, -0.25) is 19.2 Å². The average Bonchev–Trinajstić information content (AvgIpc) is 0.773. The Morgan fingerprint density at radius 2 is 0.791 bits per heavy atom. The van der Waals surface area contributed by atoms with Crippen molar-refractivity contribution < 1.29 is 54.2 Å². The third kappa shape index (κ3) is 33.3. The van der Waals surface area contributed by atoms with Crippen LogP contribution in [0.2, 0.25) is 0 Å². The van der Waals surface area contributed by atoms with Gasteiger partial charge in [0.25, 0.3) is 0 Å². The molecule has 644 valence electrons. The summed E-state index contributed by atoms with van der Waals surface area (Å²) in [5.74, 6) is 4.62. The van der Waals surface area contributed by atoms with Crippen molar-refractivity contribution in [3.63, 3.8) is 0 Å². The van der Waals surface area contributed by atoms with Gasteiger partial charge < -0.3 is 5.48 Å². The van der Waals surface area contributed by atoms with E-state index in [1.54, 1.807) is 33.3 Å². The van der Waals surface area contributed by atoms with E-state index in [2.05, 4.69) is 289 Å². The number of carbonyl (C=O) groups excluding carboxylic acids is 4. The van der Waals surface area contributed by atoms with Gasteiger partial charge in [0.05, 0.1) is 0 Å². The average molecular weight is 1700 g/mol. The third-order valence-electron chi connectivity index (χ3n) is 31.3. The van der Waals surface area contributed by atoms with Crippen LogP contribution in [-0.2, 0) is 19.2 Å². The summed E-state index contributed by atoms with van der Waals surface area (Å²) in [6.07, 6.45) is 19.1. The van der Waals surface area contributed by atoms with E-state index in [0.717, 1.165) is 89.9 Å². The van der Waals surface area contributed by atoms with Gasteiger partial charge in [0.1, 0.15) is 0 Å². The molecule has 24 atom stereocenters. The van der Waals surface area contributed by atoms with Crippen molar-refractivity contribution in [2.75, 3.05) is 0 Å². The van der Waals surface area contributed by atoms with Crippen molar-refractivity contribution in [3.05, 3.63) is 45.6 Å². The maximum absolute atomic E-state index is 13.3. The fourth-order valence-electron chi connectivity index (χ4n) is 19.6. The van der Waals surface area contributed by atoms with Gasteiger partial charge in [-0.2, -0.15) is 50.5 Å². The van der Waals surface area contributed by atoms with Crippen LogP contribution in [0.15, 0.2) is 45.6 Å². The van der Waals surface area contributed by atoms with E-state index in [-0.39, 0.29) is 145 Å². The number of thiol groups is 4. The summed E-state index contributed by atoms with van der Waals surface area (Å²) in [6.45, 7) is 101. The zero-order chi connectivity index (χ0) is 86.0. The molecule has 1 N–H and O–H groups in total. The Balaban J connectivity index is -0.00000103. The second kappa shape index (κ2) is 48.3. The molecule has 0 amide bonds. The molecule has 0 aliphatic carbocycles. The molecule has 0 rings (SSSR count). The molecule has 0 aliphatic heterocycles. The van der Waals surface area contributed by atoms with Crippen molar-refractivity contribution in [1.82, 2.24) is 0 Å². The monoisotopic (exact) mass is 1690 g/mol. The maximum atomic E-state index is 13.3. The Morgan fingerprint density at radius 3 is 1.15 bits per heavy atom. The molecule has 14 heteroatoms. The molecule has 0 aliphatic rings. The molecule has 5 nitrogen and oxygen atoms in total. The summed E-state index contributed by atoms with van der Waals surface area (Å²) in [4.78, 5) is 51.3. The van der Waals surface area contributed by atoms with Crippen LogP contribution in [0.5, 0.6) is 0 Å². The zero-order valence-electron chi connectivity index (χ0n) is 80.6. The number of hydrogen-bond donors (Lipinski definition) is 4. The number of hydrogen-bond acceptors (Lipinski definition) is 13. The van der Waals surface area contributed by atoms with Crippen LogP contribution in [-0.4, -0.2) is 64.9 Å². The fourth-order valence-corrected chi connectivity index (χ4v) is 25.6. The summed E-state index contributed by atoms with van der Waals surface area (Å²) in [5, 5.41) is 1.06. The van der Waals surface area contributed by atoms with Crippen molar-refractivity contribution in [2.24, 2.45) is 104 Å². The predicted molar refractivity (Wildman–Crippen MR) is 513 cm³/mol. The van der Waals surface area contributed by atoms with Gasteiger partial charge in [0.15, 0.2) is 20.5 Å². The van der Waals surface area contributed by atoms with Gasteiger partial charge in [-0.25, -0.2) is 0 Å². The van der Waals surface area contributed by atoms with Crippen molar-refractivity contribution in [3.8, 4) is 0 Å². The first kappa shape index (κ1) is 118. The fraction of sp³-hybridized carbons (Fsp3) is 0.875. The molecular formula is C96H181NaO5S8. The van der Waals surface area contributed by atoms with Crippen LogP contribution in [0, 0.1) is 104 Å². The first-order valence-electron chi connectivity index (χ1n) is 42.7. The Bertz CT molecular complexity index is 2960. The topological polar surface area (TPSA) is 98.3 Å². The molecule has 110 heavy (non-hydrogen) atoms. The Morgan fingerprint density at radius 1 is 0.418 bits per heavy atom. The van der Waals surface area contributed by atoms with Crippen molar-refractivity contribution in [1.29, 1.82) is 0 Å². The summed E-state index contributed by atoms with van der Waals surface area (Å²) >= 11 is 27.2. The van der Waals surface area contributed by atoms with E-state index >= 15 is 0 Å². The summed E-state index contributed by atoms with van der Waals surface area (Å²) in [5.41, 5.74) is 8.48. The van der Waals surface area contributed by atoms with Crippen molar-refractivity contribution in [2.45, 2.75) is 434 Å². The Hall–Kier alpha value is 1.40. The molecule has 0 saturated carbocycles. The minimum Gasteiger partial charge on any atom is -0.870 e. The number of carbonyl (C=O) groups is 4. The zero-order valence-corrected chi connectivity index (χ0v) is 89.5. The molecule has 0 aromatic rings. The predicted octanol–water partition coefficient (Wildman–Crippen LogP) is 28.8. The van der Waals surface area contributed by atoms with Crippen LogP contribution < -0.4 is 29.6 Å². The van der Waals surface area contributed by atoms with E-state index in [1.807, 2.05) is 0 Å². The maximum Gasteiger partial charge on any atom is 1.00 e. The molecule has 0 fully saturated rings. The standard InChI is InChI=1S/C52H94O4S4.C44H86S4.Na.H2O/c1-25-33(4)39(10)35(6)29-50(22,58-44(15)54)40(11)34(5)28-37(8)52(24,60-46(17)56)38(9)30-48(20,36(7)26-2)32-49(21,41(12)42(13)57-43(14)53)31-47(18,19)51(23,27-3)59-45(16)55;1-21-29(4)35(10)31(6)25-42(18,46)36(11)30(5)24-33(8)44(20,48)34(9)26-40(16,32(7)22-2)28-41(17,37(12)38(13)45)27-39(14,15)43(19,47)23-3;;/h26,34-35,37-38,40-42H,25,27-32H2,1-24H3;22,30-31,33-34,36-38,45-48H,21,23-28H2,1-20H3;;1H2/q;;+1;/p-1/b36-26+,39-33+;32-22+,35-29+;;. The van der Waals surface area contributed by atoms with Gasteiger partial charge in [-0.15, -0.1) is 0 Å². The molecule has 0 heterocycles. The molecule has 0 radical (unpaired) electrons. The Kier molecular flexibility index (Phi) is 51.7. The van der Waals surface area contributed by atoms with E-state index in [1.165, 1.54) is 74.9 Å². The first-order valence-corrected chi connectivity index (χ1v) is 47.9. The number of allylic oxidation sites excluding steroid dienone is 8. The van der Waals surface area contributed by atoms with Gasteiger partial charge >= 0.3 is 29.6 Å². The summed E-state index contributed by atoms with van der Waals surface area (Å²) in [6, 6.07) is 0. The van der Waals surface area contributed by atoms with Crippen LogP contribution in [0.1, 0.15) is 395 Å². The molecule has 24 unspecified atom stereocenters. The van der Waals surface area contributed by atoms with Gasteiger partial charge in [-0.05, 0) is 270 Å². The minimum absolute atomic E-state index is 0. The summed E-state index contributed by atoms with van der Waals surface area (Å²) in [7, 11) is 0. The van der Waals surface area contributed by atoms with Crippen LogP contribution in [0.3, 0.4) is 0 Å². The van der Waals surface area contributed by atoms with E-state index in [9.17, 15) is 19.2 Å². The smallest absolute Gasteiger partial charge is 0.870 e. The summed E-state index contributed by atoms with van der Waals surface area (Å²) < 4.78 is -0.954. The van der Waals surface area contributed by atoms with Gasteiger partial charge in [-0.1, -0.05) is 293 Å². The molecule has 0 aromatic heterocycles. The second-order valence-corrected chi connectivity index (χ2v) is 50.8. The first-order chi connectivity index (χ1) is 48.5.